The zero-order valence-corrected chi connectivity index (χ0v) is 16.8. The lowest BCUT2D eigenvalue weighted by atomic mass is 9.94. The number of aliphatic imine (C=N–C) groups is 1. The highest BCUT2D eigenvalue weighted by Gasteiger charge is 2.47. The maximum absolute atomic E-state index is 13.0. The third-order valence-corrected chi connectivity index (χ3v) is 5.91. The Balaban J connectivity index is 2.03. The number of hydrogen-bond acceptors (Lipinski definition) is 6. The molecule has 1 fully saturated rings. The molecule has 0 N–H and O–H groups in total. The molecule has 2 heterocycles. The van der Waals surface area contributed by atoms with Crippen molar-refractivity contribution in [3.63, 3.8) is 0 Å². The monoisotopic (exact) mass is 388 g/mol. The van der Waals surface area contributed by atoms with Gasteiger partial charge in [0.05, 0.1) is 36.3 Å². The van der Waals surface area contributed by atoms with Crippen molar-refractivity contribution in [3.8, 4) is 5.75 Å². The Hall–Kier alpha value is -2.28. The van der Waals surface area contributed by atoms with E-state index in [-0.39, 0.29) is 11.2 Å². The summed E-state index contributed by atoms with van der Waals surface area (Å²) in [6.45, 7) is 6.46. The van der Waals surface area contributed by atoms with E-state index in [2.05, 4.69) is 4.99 Å². The second-order valence-electron chi connectivity index (χ2n) is 6.43. The molecule has 2 unspecified atom stereocenters. The van der Waals surface area contributed by atoms with E-state index >= 15 is 0 Å². The smallest absolute Gasteiger partial charge is 0.338 e. The Labute approximate surface area is 163 Å². The molecule has 0 bridgehead atoms. The molecule has 2 aliphatic heterocycles. The summed E-state index contributed by atoms with van der Waals surface area (Å²) in [6.07, 6.45) is 1.64. The zero-order chi connectivity index (χ0) is 19.6. The molecular weight excluding hydrogens is 364 g/mol. The first-order valence-electron chi connectivity index (χ1n) is 9.12. The van der Waals surface area contributed by atoms with Crippen molar-refractivity contribution in [3.05, 3.63) is 41.1 Å². The maximum Gasteiger partial charge on any atom is 0.338 e. The number of methoxy groups -OCH3 is 1. The molecule has 1 amide bonds. The molecule has 2 aliphatic rings. The highest BCUT2D eigenvalue weighted by atomic mass is 32.2. The van der Waals surface area contributed by atoms with E-state index in [9.17, 15) is 9.59 Å². The molecule has 0 aliphatic carbocycles. The van der Waals surface area contributed by atoms with E-state index in [4.69, 9.17) is 9.47 Å². The first kappa shape index (κ1) is 19.5. The number of esters is 1. The summed E-state index contributed by atoms with van der Waals surface area (Å²) in [5.74, 6) is 0.273. The van der Waals surface area contributed by atoms with Crippen LogP contribution in [0.2, 0.25) is 0 Å². The van der Waals surface area contributed by atoms with Gasteiger partial charge in [-0.25, -0.2) is 9.79 Å². The van der Waals surface area contributed by atoms with Crippen molar-refractivity contribution < 1.29 is 19.1 Å². The molecule has 1 saturated heterocycles. The van der Waals surface area contributed by atoms with Crippen LogP contribution in [-0.2, 0) is 14.3 Å². The highest BCUT2D eigenvalue weighted by molar-refractivity contribution is 8.15. The first-order chi connectivity index (χ1) is 13.0. The van der Waals surface area contributed by atoms with Gasteiger partial charge in [0.2, 0.25) is 5.91 Å². The highest BCUT2D eigenvalue weighted by Crippen LogP contribution is 2.44. The van der Waals surface area contributed by atoms with Gasteiger partial charge in [0.1, 0.15) is 5.75 Å². The van der Waals surface area contributed by atoms with Crippen LogP contribution in [0, 0.1) is 0 Å². The van der Waals surface area contributed by atoms with Crippen LogP contribution in [0.5, 0.6) is 5.75 Å². The van der Waals surface area contributed by atoms with Crippen molar-refractivity contribution >= 4 is 28.8 Å². The summed E-state index contributed by atoms with van der Waals surface area (Å²) in [7, 11) is 1.34. The predicted molar refractivity (Wildman–Crippen MR) is 106 cm³/mol. The van der Waals surface area contributed by atoms with Crippen LogP contribution in [0.15, 0.2) is 40.5 Å². The number of benzene rings is 1. The van der Waals surface area contributed by atoms with Gasteiger partial charge in [-0.3, -0.25) is 9.69 Å². The summed E-state index contributed by atoms with van der Waals surface area (Å²) in [5.41, 5.74) is 1.81. The summed E-state index contributed by atoms with van der Waals surface area (Å²) < 4.78 is 10.6. The average molecular weight is 388 g/mol. The molecule has 0 radical (unpaired) electrons. The van der Waals surface area contributed by atoms with Gasteiger partial charge in [-0.15, -0.1) is 0 Å². The molecule has 7 heteroatoms. The fourth-order valence-corrected chi connectivity index (χ4v) is 4.38. The van der Waals surface area contributed by atoms with Crippen LogP contribution in [-0.4, -0.2) is 40.9 Å². The van der Waals surface area contributed by atoms with E-state index in [1.54, 1.807) is 11.8 Å². The van der Waals surface area contributed by atoms with Crippen LogP contribution in [0.1, 0.15) is 45.2 Å². The topological polar surface area (TPSA) is 68.2 Å². The lowest BCUT2D eigenvalue weighted by molar-refractivity contribution is -0.137. The largest absolute Gasteiger partial charge is 0.494 e. The van der Waals surface area contributed by atoms with Crippen molar-refractivity contribution in [2.45, 2.75) is 44.9 Å². The maximum atomic E-state index is 13.0. The van der Waals surface area contributed by atoms with E-state index in [1.807, 2.05) is 38.1 Å². The van der Waals surface area contributed by atoms with Crippen LogP contribution < -0.4 is 4.74 Å². The Morgan fingerprint density at radius 3 is 2.56 bits per heavy atom. The van der Waals surface area contributed by atoms with Crippen molar-refractivity contribution in [2.75, 3.05) is 13.7 Å². The zero-order valence-electron chi connectivity index (χ0n) is 16.0. The number of hydrogen-bond donors (Lipinski definition) is 0. The summed E-state index contributed by atoms with van der Waals surface area (Å²) in [5, 5.41) is 0.469. The van der Waals surface area contributed by atoms with Gasteiger partial charge in [0, 0.05) is 0 Å². The van der Waals surface area contributed by atoms with Gasteiger partial charge in [-0.1, -0.05) is 37.7 Å². The summed E-state index contributed by atoms with van der Waals surface area (Å²) >= 11 is 1.46. The molecule has 2 atom stereocenters. The third kappa shape index (κ3) is 3.60. The quantitative estimate of drug-likeness (QED) is 0.695. The number of fused-ring (bicyclic) bond motifs is 1. The predicted octanol–water partition coefficient (Wildman–Crippen LogP) is 3.69. The van der Waals surface area contributed by atoms with E-state index in [0.717, 1.165) is 17.7 Å². The van der Waals surface area contributed by atoms with Crippen molar-refractivity contribution in [2.24, 2.45) is 4.99 Å². The normalized spacial score (nSPS) is 21.9. The number of rotatable bonds is 6. The van der Waals surface area contributed by atoms with Gasteiger partial charge >= 0.3 is 5.97 Å². The van der Waals surface area contributed by atoms with E-state index < -0.39 is 12.0 Å². The minimum absolute atomic E-state index is 0.0218. The van der Waals surface area contributed by atoms with Crippen LogP contribution >= 0.6 is 11.8 Å². The number of amidine groups is 1. The van der Waals surface area contributed by atoms with Gasteiger partial charge in [0.15, 0.2) is 5.17 Å². The molecule has 144 valence electrons. The number of thioether (sulfide) groups is 1. The fraction of sp³-hybridized carbons (Fsp3) is 0.450. The molecular formula is C20H24N2O4S. The summed E-state index contributed by atoms with van der Waals surface area (Å²) in [6, 6.07) is 6.98. The molecule has 0 aromatic heterocycles. The molecule has 3 rings (SSSR count). The Morgan fingerprint density at radius 1 is 1.26 bits per heavy atom. The van der Waals surface area contributed by atoms with Gasteiger partial charge in [-0.05, 0) is 37.5 Å². The number of carbonyl (C=O) groups is 2. The molecule has 0 spiro atoms. The van der Waals surface area contributed by atoms with Crippen molar-refractivity contribution in [1.82, 2.24) is 4.90 Å². The van der Waals surface area contributed by atoms with Gasteiger partial charge < -0.3 is 9.47 Å². The lowest BCUT2D eigenvalue weighted by Crippen LogP contribution is -2.40. The minimum atomic E-state index is -0.540. The fourth-order valence-electron chi connectivity index (χ4n) is 3.24. The standard InChI is InChI=1S/C20H24N2O4S/c1-5-11-26-14-9-7-13(8-10-14)17-16(19(24)25-4)12(3)21-20-22(17)18(23)15(6-2)27-20/h7-10,15,17H,5-6,11H2,1-4H3. The van der Waals surface area contributed by atoms with Crippen molar-refractivity contribution in [1.29, 1.82) is 0 Å². The first-order valence-corrected chi connectivity index (χ1v) is 10.00. The molecule has 6 nitrogen and oxygen atoms in total. The molecule has 1 aromatic carbocycles. The number of amides is 1. The number of nitrogens with zero attached hydrogens (tertiary/aromatic N) is 2. The number of ether oxygens (including phenoxy) is 2. The van der Waals surface area contributed by atoms with E-state index in [0.29, 0.717) is 29.5 Å². The van der Waals surface area contributed by atoms with Crippen LogP contribution in [0.3, 0.4) is 0 Å². The van der Waals surface area contributed by atoms with Crippen LogP contribution in [0.4, 0.5) is 0 Å². The Bertz CT molecular complexity index is 801. The van der Waals surface area contributed by atoms with Gasteiger partial charge in [0.25, 0.3) is 0 Å². The Morgan fingerprint density at radius 2 is 1.96 bits per heavy atom. The second kappa shape index (κ2) is 8.17. The Kier molecular flexibility index (Phi) is 5.89. The van der Waals surface area contributed by atoms with Gasteiger partial charge in [-0.2, -0.15) is 0 Å². The molecule has 1 aromatic rings. The minimum Gasteiger partial charge on any atom is -0.494 e. The second-order valence-corrected chi connectivity index (χ2v) is 7.60. The number of allylic oxidation sites excluding steroid dienone is 1. The molecule has 0 saturated carbocycles. The molecule has 27 heavy (non-hydrogen) atoms. The third-order valence-electron chi connectivity index (χ3n) is 4.60. The SMILES string of the molecule is CCCOc1ccc(C2C(C(=O)OC)=C(C)N=C3SC(CC)C(=O)N32)cc1. The van der Waals surface area contributed by atoms with Crippen LogP contribution in [0.25, 0.3) is 0 Å². The summed E-state index contributed by atoms with van der Waals surface area (Å²) in [4.78, 5) is 31.6. The lowest BCUT2D eigenvalue weighted by Gasteiger charge is -2.32. The average Bonchev–Trinajstić information content (AvgIpc) is 3.00. The number of carbonyl (C=O) groups excluding carboxylic acids is 2. The van der Waals surface area contributed by atoms with E-state index in [1.165, 1.54) is 18.9 Å².